The van der Waals surface area contributed by atoms with Gasteiger partial charge in [0.2, 0.25) is 5.91 Å². The minimum absolute atomic E-state index is 0.178. The third-order valence-electron chi connectivity index (χ3n) is 4.96. The van der Waals surface area contributed by atoms with Gasteiger partial charge in [0.25, 0.3) is 0 Å². The molecule has 8 heteroatoms. The number of rotatable bonds is 7. The Bertz CT molecular complexity index is 881. The number of esters is 1. The van der Waals surface area contributed by atoms with Crippen molar-refractivity contribution in [1.29, 1.82) is 0 Å². The number of nitrogens with one attached hydrogen (secondary N) is 1. The lowest BCUT2D eigenvalue weighted by Crippen LogP contribution is -2.44. The average molecular weight is 414 g/mol. The van der Waals surface area contributed by atoms with E-state index in [2.05, 4.69) is 10.2 Å². The summed E-state index contributed by atoms with van der Waals surface area (Å²) in [7, 11) is 4.24. The van der Waals surface area contributed by atoms with E-state index in [1.54, 1.807) is 6.07 Å². The molecule has 0 saturated carbocycles. The van der Waals surface area contributed by atoms with Crippen LogP contribution in [0, 0.1) is 0 Å². The van der Waals surface area contributed by atoms with Gasteiger partial charge < -0.3 is 24.3 Å². The second-order valence-electron chi connectivity index (χ2n) is 6.70. The smallest absolute Gasteiger partial charge is 0.340 e. The Balaban J connectivity index is 1.97. The van der Waals surface area contributed by atoms with Gasteiger partial charge in [0.1, 0.15) is 6.04 Å². The van der Waals surface area contributed by atoms with Crippen LogP contribution >= 0.6 is 0 Å². The monoisotopic (exact) mass is 414 g/mol. The summed E-state index contributed by atoms with van der Waals surface area (Å²) in [5.74, 6) is -0.0962. The highest BCUT2D eigenvalue weighted by Crippen LogP contribution is 2.34. The number of carbonyl (C=O) groups is 2. The minimum atomic E-state index is -0.589. The fourth-order valence-corrected chi connectivity index (χ4v) is 3.46. The van der Waals surface area contributed by atoms with Crippen LogP contribution in [0.25, 0.3) is 0 Å². The Morgan fingerprint density at radius 1 is 1.00 bits per heavy atom. The predicted octanol–water partition coefficient (Wildman–Crippen LogP) is 2.50. The highest BCUT2D eigenvalue weighted by atomic mass is 16.5. The van der Waals surface area contributed by atoms with Crippen LogP contribution in [-0.2, 0) is 14.3 Å². The van der Waals surface area contributed by atoms with Gasteiger partial charge in [-0.3, -0.25) is 9.69 Å². The first-order chi connectivity index (χ1) is 14.6. The molecule has 1 N–H and O–H groups in total. The van der Waals surface area contributed by atoms with Crippen molar-refractivity contribution in [2.24, 2.45) is 0 Å². The lowest BCUT2D eigenvalue weighted by molar-refractivity contribution is -0.123. The lowest BCUT2D eigenvalue weighted by atomic mass is 10.0. The van der Waals surface area contributed by atoms with Gasteiger partial charge in [-0.2, -0.15) is 0 Å². The third-order valence-corrected chi connectivity index (χ3v) is 4.96. The molecule has 8 nitrogen and oxygen atoms in total. The van der Waals surface area contributed by atoms with Gasteiger partial charge in [-0.1, -0.05) is 30.3 Å². The number of carbonyl (C=O) groups excluding carboxylic acids is 2. The van der Waals surface area contributed by atoms with E-state index in [1.165, 1.54) is 27.4 Å². The van der Waals surface area contributed by atoms with Crippen molar-refractivity contribution in [3.8, 4) is 11.5 Å². The van der Waals surface area contributed by atoms with Gasteiger partial charge in [0, 0.05) is 25.2 Å². The van der Waals surface area contributed by atoms with Crippen LogP contribution in [0.1, 0.15) is 22.0 Å². The van der Waals surface area contributed by atoms with Crippen LogP contribution in [0.5, 0.6) is 11.5 Å². The number of hydrogen-bond donors (Lipinski definition) is 1. The molecule has 1 heterocycles. The molecule has 1 atom stereocenters. The second kappa shape index (κ2) is 10.1. The molecule has 160 valence electrons. The molecular formula is C22H26N2O6. The quantitative estimate of drug-likeness (QED) is 0.697. The first-order valence-corrected chi connectivity index (χ1v) is 9.61. The van der Waals surface area contributed by atoms with E-state index in [9.17, 15) is 9.59 Å². The number of morpholine rings is 1. The molecule has 1 saturated heterocycles. The van der Waals surface area contributed by atoms with Crippen molar-refractivity contribution < 1.29 is 28.5 Å². The number of anilines is 1. The Kier molecular flexibility index (Phi) is 7.26. The fraction of sp³-hybridized carbons (Fsp3) is 0.364. The summed E-state index contributed by atoms with van der Waals surface area (Å²) in [5, 5.41) is 2.89. The molecule has 1 amide bonds. The first kappa shape index (κ1) is 21.6. The van der Waals surface area contributed by atoms with Gasteiger partial charge in [0.15, 0.2) is 11.5 Å². The zero-order chi connectivity index (χ0) is 21.5. The summed E-state index contributed by atoms with van der Waals surface area (Å²) in [5.41, 5.74) is 1.33. The molecule has 0 radical (unpaired) electrons. The zero-order valence-corrected chi connectivity index (χ0v) is 17.3. The van der Waals surface area contributed by atoms with Crippen LogP contribution in [0.15, 0.2) is 42.5 Å². The van der Waals surface area contributed by atoms with Gasteiger partial charge in [-0.15, -0.1) is 0 Å². The Morgan fingerprint density at radius 3 is 2.23 bits per heavy atom. The van der Waals surface area contributed by atoms with Gasteiger partial charge in [0.05, 0.1) is 45.8 Å². The molecule has 0 spiro atoms. The summed E-state index contributed by atoms with van der Waals surface area (Å²) in [6, 6.07) is 12.0. The highest BCUT2D eigenvalue weighted by Gasteiger charge is 2.30. The van der Waals surface area contributed by atoms with Crippen molar-refractivity contribution in [2.75, 3.05) is 52.9 Å². The maximum absolute atomic E-state index is 13.4. The first-order valence-electron chi connectivity index (χ1n) is 9.61. The summed E-state index contributed by atoms with van der Waals surface area (Å²) >= 11 is 0. The van der Waals surface area contributed by atoms with Crippen molar-refractivity contribution >= 4 is 17.6 Å². The Labute approximate surface area is 175 Å². The normalized spacial score (nSPS) is 15.2. The molecule has 0 unspecified atom stereocenters. The maximum Gasteiger partial charge on any atom is 0.340 e. The Morgan fingerprint density at radius 2 is 1.63 bits per heavy atom. The van der Waals surface area contributed by atoms with E-state index in [0.717, 1.165) is 5.56 Å². The molecule has 1 fully saturated rings. The summed E-state index contributed by atoms with van der Waals surface area (Å²) in [6.07, 6.45) is 0. The van der Waals surface area contributed by atoms with E-state index in [4.69, 9.17) is 18.9 Å². The number of benzene rings is 2. The number of amides is 1. The van der Waals surface area contributed by atoms with Crippen molar-refractivity contribution in [3.63, 3.8) is 0 Å². The van der Waals surface area contributed by atoms with Crippen molar-refractivity contribution in [2.45, 2.75) is 6.04 Å². The van der Waals surface area contributed by atoms with E-state index < -0.39 is 12.0 Å². The number of ether oxygens (including phenoxy) is 4. The average Bonchev–Trinajstić information content (AvgIpc) is 2.79. The summed E-state index contributed by atoms with van der Waals surface area (Å²) < 4.78 is 20.9. The third kappa shape index (κ3) is 4.72. The molecule has 0 bridgehead atoms. The minimum Gasteiger partial charge on any atom is -0.493 e. The van der Waals surface area contributed by atoms with Crippen LogP contribution < -0.4 is 14.8 Å². The number of hydrogen-bond acceptors (Lipinski definition) is 7. The van der Waals surface area contributed by atoms with Crippen LogP contribution in [-0.4, -0.2) is 64.4 Å². The molecule has 1 aliphatic heterocycles. The SMILES string of the molecule is COC(=O)c1cc(OC)c(OC)cc1NC(=O)[C@H](c1ccccc1)N1CCOCC1. The van der Waals surface area contributed by atoms with Gasteiger partial charge >= 0.3 is 5.97 Å². The van der Waals surface area contributed by atoms with Crippen molar-refractivity contribution in [1.82, 2.24) is 4.90 Å². The van der Waals surface area contributed by atoms with E-state index in [1.807, 2.05) is 30.3 Å². The standard InChI is InChI=1S/C22H26N2O6/c1-27-18-13-16(22(26)29-3)17(14-19(18)28-2)23-21(25)20(15-7-5-4-6-8-15)24-9-11-30-12-10-24/h4-8,13-14,20H,9-12H2,1-3H3,(H,23,25)/t20-/m0/s1. The molecule has 3 rings (SSSR count). The predicted molar refractivity (Wildman–Crippen MR) is 111 cm³/mol. The second-order valence-corrected chi connectivity index (χ2v) is 6.70. The van der Waals surface area contributed by atoms with E-state index in [0.29, 0.717) is 43.5 Å². The molecular weight excluding hydrogens is 388 g/mol. The molecule has 30 heavy (non-hydrogen) atoms. The molecule has 2 aromatic carbocycles. The topological polar surface area (TPSA) is 86.3 Å². The molecule has 2 aromatic rings. The number of methoxy groups -OCH3 is 3. The van der Waals surface area contributed by atoms with Crippen LogP contribution in [0.2, 0.25) is 0 Å². The van der Waals surface area contributed by atoms with Crippen LogP contribution in [0.3, 0.4) is 0 Å². The zero-order valence-electron chi connectivity index (χ0n) is 17.3. The largest absolute Gasteiger partial charge is 0.493 e. The number of nitrogens with zero attached hydrogens (tertiary/aromatic N) is 1. The van der Waals surface area contributed by atoms with Crippen LogP contribution in [0.4, 0.5) is 5.69 Å². The van der Waals surface area contributed by atoms with Crippen molar-refractivity contribution in [3.05, 3.63) is 53.6 Å². The van der Waals surface area contributed by atoms with Gasteiger partial charge in [-0.25, -0.2) is 4.79 Å². The highest BCUT2D eigenvalue weighted by molar-refractivity contribution is 6.03. The maximum atomic E-state index is 13.4. The van der Waals surface area contributed by atoms with Gasteiger partial charge in [-0.05, 0) is 5.56 Å². The Hall–Kier alpha value is -3.10. The lowest BCUT2D eigenvalue weighted by Gasteiger charge is -2.34. The van der Waals surface area contributed by atoms with E-state index >= 15 is 0 Å². The molecule has 0 aliphatic carbocycles. The molecule has 1 aliphatic rings. The molecule has 0 aromatic heterocycles. The summed E-state index contributed by atoms with van der Waals surface area (Å²) in [4.78, 5) is 27.8. The van der Waals surface area contributed by atoms with E-state index in [-0.39, 0.29) is 11.5 Å². The summed E-state index contributed by atoms with van der Waals surface area (Å²) in [6.45, 7) is 2.37. The fourth-order valence-electron chi connectivity index (χ4n) is 3.46.